The van der Waals surface area contributed by atoms with E-state index >= 15 is 0 Å². The molecule has 0 saturated heterocycles. The zero-order chi connectivity index (χ0) is 34.8. The largest absolute Gasteiger partial charge is 0.456 e. The summed E-state index contributed by atoms with van der Waals surface area (Å²) < 4.78 is 6.46. The SMILES string of the molecule is CC1(C)c2ccccc2-c2cccc(-c3ccc(-c4nc(-c5ccccc5)nc(-c5ccc6c(c5)oc5cccc(-c7ccccc7)c56)n4)cc3)c21. The summed E-state index contributed by atoms with van der Waals surface area (Å²) in [5, 5.41) is 2.16. The quantitative estimate of drug-likeness (QED) is 0.183. The molecule has 7 aromatic carbocycles. The van der Waals surface area contributed by atoms with Crippen LogP contribution in [0.3, 0.4) is 0 Å². The molecule has 4 heteroatoms. The first-order valence-corrected chi connectivity index (χ1v) is 17.7. The molecule has 0 bridgehead atoms. The predicted molar refractivity (Wildman–Crippen MR) is 212 cm³/mol. The molecule has 2 aromatic heterocycles. The van der Waals surface area contributed by atoms with Crippen LogP contribution in [-0.2, 0) is 5.41 Å². The van der Waals surface area contributed by atoms with E-state index < -0.39 is 0 Å². The molecule has 0 fully saturated rings. The first-order valence-electron chi connectivity index (χ1n) is 17.7. The summed E-state index contributed by atoms with van der Waals surface area (Å²) >= 11 is 0. The molecule has 0 radical (unpaired) electrons. The van der Waals surface area contributed by atoms with E-state index in [1.165, 1.54) is 33.4 Å². The summed E-state index contributed by atoms with van der Waals surface area (Å²) in [6.45, 7) is 4.66. The van der Waals surface area contributed by atoms with E-state index in [-0.39, 0.29) is 5.41 Å². The average molecular weight is 668 g/mol. The zero-order valence-corrected chi connectivity index (χ0v) is 28.8. The Hall–Kier alpha value is -6.65. The summed E-state index contributed by atoms with van der Waals surface area (Å²) in [4.78, 5) is 15.1. The van der Waals surface area contributed by atoms with Crippen LogP contribution in [0, 0.1) is 0 Å². The number of fused-ring (bicyclic) bond motifs is 6. The fourth-order valence-electron chi connectivity index (χ4n) is 8.06. The van der Waals surface area contributed by atoms with Crippen molar-refractivity contribution < 1.29 is 4.42 Å². The molecule has 0 spiro atoms. The van der Waals surface area contributed by atoms with Crippen molar-refractivity contribution in [1.82, 2.24) is 15.0 Å². The minimum Gasteiger partial charge on any atom is -0.456 e. The second kappa shape index (κ2) is 11.7. The van der Waals surface area contributed by atoms with Crippen molar-refractivity contribution >= 4 is 21.9 Å². The third kappa shape index (κ3) is 4.79. The van der Waals surface area contributed by atoms with E-state index in [1.807, 2.05) is 42.5 Å². The molecule has 2 heterocycles. The molecule has 0 N–H and O–H groups in total. The Morgan fingerprint density at radius 3 is 1.67 bits per heavy atom. The maximum atomic E-state index is 6.46. The second-order valence-electron chi connectivity index (χ2n) is 14.0. The molecule has 4 nitrogen and oxygen atoms in total. The standard InChI is InChI=1S/C48H33N3O/c1-48(2)40-21-10-9-17-37(40)38-20-11-19-36(44(38)48)31-23-25-33(26-24-31)46-49-45(32-15-7-4-8-16-32)50-47(51-46)34-27-28-39-42(29-34)52-41-22-12-18-35(43(39)41)30-13-5-3-6-14-30/h3-29H,1-2H3. The molecule has 0 aliphatic heterocycles. The lowest BCUT2D eigenvalue weighted by molar-refractivity contribution is 0.662. The van der Waals surface area contributed by atoms with E-state index in [2.05, 4.69) is 135 Å². The van der Waals surface area contributed by atoms with Gasteiger partial charge in [0.05, 0.1) is 0 Å². The molecule has 0 unspecified atom stereocenters. The van der Waals surface area contributed by atoms with Crippen LogP contribution in [-0.4, -0.2) is 15.0 Å². The van der Waals surface area contributed by atoms with Crippen LogP contribution in [0.15, 0.2) is 168 Å². The van der Waals surface area contributed by atoms with Crippen molar-refractivity contribution in [2.45, 2.75) is 19.3 Å². The van der Waals surface area contributed by atoms with Crippen molar-refractivity contribution in [3.05, 3.63) is 175 Å². The molecule has 10 rings (SSSR count). The van der Waals surface area contributed by atoms with Gasteiger partial charge in [0.15, 0.2) is 17.5 Å². The van der Waals surface area contributed by atoms with E-state index in [0.29, 0.717) is 17.5 Å². The summed E-state index contributed by atoms with van der Waals surface area (Å²) in [6.07, 6.45) is 0. The van der Waals surface area contributed by atoms with Gasteiger partial charge in [-0.15, -0.1) is 0 Å². The van der Waals surface area contributed by atoms with Crippen LogP contribution in [0.5, 0.6) is 0 Å². The molecule has 52 heavy (non-hydrogen) atoms. The average Bonchev–Trinajstić information content (AvgIpc) is 3.70. The van der Waals surface area contributed by atoms with Crippen molar-refractivity contribution in [3.8, 4) is 67.5 Å². The van der Waals surface area contributed by atoms with E-state index in [9.17, 15) is 0 Å². The minimum absolute atomic E-state index is 0.0983. The lowest BCUT2D eigenvalue weighted by atomic mass is 9.79. The Balaban J connectivity index is 1.07. The highest BCUT2D eigenvalue weighted by molar-refractivity contribution is 6.13. The lowest BCUT2D eigenvalue weighted by Gasteiger charge is -2.24. The van der Waals surface area contributed by atoms with Gasteiger partial charge in [-0.25, -0.2) is 15.0 Å². The van der Waals surface area contributed by atoms with Crippen LogP contribution >= 0.6 is 0 Å². The molecule has 0 amide bonds. The summed E-state index contributed by atoms with van der Waals surface area (Å²) in [7, 11) is 0. The third-order valence-corrected chi connectivity index (χ3v) is 10.5. The molecule has 0 saturated carbocycles. The van der Waals surface area contributed by atoms with Crippen LogP contribution in [0.2, 0.25) is 0 Å². The predicted octanol–water partition coefficient (Wildman–Crippen LogP) is 12.4. The van der Waals surface area contributed by atoms with Gasteiger partial charge < -0.3 is 4.42 Å². The lowest BCUT2D eigenvalue weighted by Crippen LogP contribution is -2.16. The van der Waals surface area contributed by atoms with Gasteiger partial charge in [0.25, 0.3) is 0 Å². The molecule has 246 valence electrons. The van der Waals surface area contributed by atoms with Crippen LogP contribution in [0.1, 0.15) is 25.0 Å². The third-order valence-electron chi connectivity index (χ3n) is 10.5. The fraction of sp³-hybridized carbons (Fsp3) is 0.0625. The number of benzene rings is 7. The van der Waals surface area contributed by atoms with Crippen LogP contribution < -0.4 is 0 Å². The van der Waals surface area contributed by atoms with Crippen LogP contribution in [0.25, 0.3) is 89.5 Å². The summed E-state index contributed by atoms with van der Waals surface area (Å²) in [5.41, 5.74) is 14.4. The number of nitrogens with zero attached hydrogens (tertiary/aromatic N) is 3. The normalized spacial score (nSPS) is 13.0. The Morgan fingerprint density at radius 1 is 0.404 bits per heavy atom. The molecule has 1 aliphatic carbocycles. The molecule has 0 atom stereocenters. The Morgan fingerprint density at radius 2 is 0.923 bits per heavy atom. The highest BCUT2D eigenvalue weighted by Gasteiger charge is 2.37. The Bertz CT molecular complexity index is 2800. The maximum Gasteiger partial charge on any atom is 0.164 e. The molecule has 9 aromatic rings. The van der Waals surface area contributed by atoms with Gasteiger partial charge in [-0.1, -0.05) is 159 Å². The van der Waals surface area contributed by atoms with Crippen molar-refractivity contribution in [1.29, 1.82) is 0 Å². The van der Waals surface area contributed by atoms with Gasteiger partial charge in [0.2, 0.25) is 0 Å². The molecular weight excluding hydrogens is 635 g/mol. The minimum atomic E-state index is -0.0983. The van der Waals surface area contributed by atoms with Gasteiger partial charge in [-0.2, -0.15) is 0 Å². The zero-order valence-electron chi connectivity index (χ0n) is 28.8. The van der Waals surface area contributed by atoms with E-state index in [1.54, 1.807) is 0 Å². The Labute approximate surface area is 302 Å². The maximum absolute atomic E-state index is 6.46. The van der Waals surface area contributed by atoms with Crippen LogP contribution in [0.4, 0.5) is 0 Å². The van der Waals surface area contributed by atoms with Gasteiger partial charge in [0.1, 0.15) is 11.2 Å². The summed E-state index contributed by atoms with van der Waals surface area (Å²) in [5.74, 6) is 1.84. The first-order chi connectivity index (χ1) is 25.5. The fourth-order valence-corrected chi connectivity index (χ4v) is 8.06. The topological polar surface area (TPSA) is 51.8 Å². The van der Waals surface area contributed by atoms with Crippen molar-refractivity contribution in [2.24, 2.45) is 0 Å². The first kappa shape index (κ1) is 30.2. The number of hydrogen-bond donors (Lipinski definition) is 0. The smallest absolute Gasteiger partial charge is 0.164 e. The number of hydrogen-bond acceptors (Lipinski definition) is 4. The van der Waals surface area contributed by atoms with Gasteiger partial charge in [-0.05, 0) is 62.7 Å². The monoisotopic (exact) mass is 667 g/mol. The summed E-state index contributed by atoms with van der Waals surface area (Å²) in [6, 6.07) is 57.2. The second-order valence-corrected chi connectivity index (χ2v) is 14.0. The Kier molecular flexibility index (Phi) is 6.80. The van der Waals surface area contributed by atoms with E-state index in [0.717, 1.165) is 49.8 Å². The van der Waals surface area contributed by atoms with Gasteiger partial charge in [-0.3, -0.25) is 0 Å². The molecular formula is C48H33N3O. The van der Waals surface area contributed by atoms with E-state index in [4.69, 9.17) is 19.4 Å². The number of aromatic nitrogens is 3. The number of rotatable bonds is 5. The molecule has 1 aliphatic rings. The van der Waals surface area contributed by atoms with Crippen molar-refractivity contribution in [2.75, 3.05) is 0 Å². The van der Waals surface area contributed by atoms with Gasteiger partial charge in [0, 0.05) is 32.9 Å². The number of furan rings is 1. The highest BCUT2D eigenvalue weighted by atomic mass is 16.3. The van der Waals surface area contributed by atoms with Gasteiger partial charge >= 0.3 is 0 Å². The van der Waals surface area contributed by atoms with Crippen molar-refractivity contribution in [3.63, 3.8) is 0 Å². The highest BCUT2D eigenvalue weighted by Crippen LogP contribution is 2.52.